The summed E-state index contributed by atoms with van der Waals surface area (Å²) >= 11 is 3.26. The molecule has 0 unspecified atom stereocenters. The number of amides is 1. The lowest BCUT2D eigenvalue weighted by molar-refractivity contribution is 0.0950. The van der Waals surface area contributed by atoms with Gasteiger partial charge in [0.2, 0.25) is 10.0 Å². The highest BCUT2D eigenvalue weighted by Crippen LogP contribution is 2.18. The van der Waals surface area contributed by atoms with Crippen molar-refractivity contribution in [2.45, 2.75) is 13.8 Å². The molecule has 1 N–H and O–H groups in total. The molecule has 0 aliphatic carbocycles. The van der Waals surface area contributed by atoms with Crippen molar-refractivity contribution < 1.29 is 17.6 Å². The van der Waals surface area contributed by atoms with E-state index in [2.05, 4.69) is 26.3 Å². The van der Waals surface area contributed by atoms with Gasteiger partial charge in [-0.3, -0.25) is 4.79 Å². The lowest BCUT2D eigenvalue weighted by atomic mass is 10.3. The highest BCUT2D eigenvalue weighted by atomic mass is 79.9. The summed E-state index contributed by atoms with van der Waals surface area (Å²) < 4.78 is 40.5. The van der Waals surface area contributed by atoms with E-state index in [1.165, 1.54) is 33.3 Å². The van der Waals surface area contributed by atoms with Gasteiger partial charge in [0.25, 0.3) is 5.91 Å². The molecule has 7 nitrogen and oxygen atoms in total. The summed E-state index contributed by atoms with van der Waals surface area (Å²) in [5.74, 6) is -1.05. The van der Waals surface area contributed by atoms with Crippen LogP contribution < -0.4 is 5.32 Å². The van der Waals surface area contributed by atoms with E-state index in [1.54, 1.807) is 20.0 Å². The van der Waals surface area contributed by atoms with E-state index in [0.717, 1.165) is 0 Å². The number of rotatable bonds is 8. The van der Waals surface area contributed by atoms with E-state index in [1.807, 2.05) is 0 Å². The molecule has 0 saturated carbocycles. The first-order chi connectivity index (χ1) is 12.3. The average molecular weight is 447 g/mol. The van der Waals surface area contributed by atoms with Gasteiger partial charge in [0.15, 0.2) is 5.69 Å². The smallest absolute Gasteiger partial charge is 0.273 e. The molecule has 1 aromatic carbocycles. The number of benzene rings is 1. The minimum absolute atomic E-state index is 0.0203. The van der Waals surface area contributed by atoms with Crippen molar-refractivity contribution in [1.29, 1.82) is 0 Å². The molecule has 10 heteroatoms. The molecule has 0 atom stereocenters. The van der Waals surface area contributed by atoms with Gasteiger partial charge in [0.1, 0.15) is 5.82 Å². The Kier molecular flexibility index (Phi) is 6.90. The number of hydrogen-bond donors (Lipinski definition) is 1. The molecule has 0 bridgehead atoms. The fourth-order valence-corrected chi connectivity index (χ4v) is 4.21. The number of carbonyl (C=O) groups is 1. The van der Waals surface area contributed by atoms with Crippen LogP contribution in [0.25, 0.3) is 5.69 Å². The van der Waals surface area contributed by atoms with Crippen LogP contribution in [0.4, 0.5) is 4.39 Å². The molecule has 0 saturated heterocycles. The van der Waals surface area contributed by atoms with Gasteiger partial charge in [-0.2, -0.15) is 5.10 Å². The second-order valence-electron chi connectivity index (χ2n) is 5.40. The Morgan fingerprint density at radius 3 is 2.46 bits per heavy atom. The number of nitrogens with one attached hydrogen (secondary N) is 1. The standard InChI is InChI=1S/C16H20BrFN4O3S/c1-3-21(4-2)26(24,25)10-9-19-16(23)15-14(17)11-22(20-15)13-7-5-12(18)6-8-13/h5-8,11H,3-4,9-10H2,1-2H3,(H,19,23). The number of sulfonamides is 1. The predicted octanol–water partition coefficient (Wildman–Crippen LogP) is 2.18. The fraction of sp³-hybridized carbons (Fsp3) is 0.375. The number of halogens is 2. The number of aromatic nitrogens is 2. The first kappa shape index (κ1) is 20.5. The van der Waals surface area contributed by atoms with E-state index < -0.39 is 15.9 Å². The van der Waals surface area contributed by atoms with Crippen LogP contribution in [0, 0.1) is 5.82 Å². The molecule has 0 spiro atoms. The van der Waals surface area contributed by atoms with Crippen LogP contribution in [-0.4, -0.2) is 53.8 Å². The Balaban J connectivity index is 2.03. The zero-order chi connectivity index (χ0) is 19.3. The Hall–Kier alpha value is -1.78. The quantitative estimate of drug-likeness (QED) is 0.673. The summed E-state index contributed by atoms with van der Waals surface area (Å²) in [6.45, 7) is 4.28. The number of hydrogen-bond acceptors (Lipinski definition) is 4. The Labute approximate surface area is 160 Å². The summed E-state index contributed by atoms with van der Waals surface area (Å²) in [4.78, 5) is 12.3. The van der Waals surface area contributed by atoms with Gasteiger partial charge >= 0.3 is 0 Å². The van der Waals surface area contributed by atoms with Gasteiger partial charge in [-0.25, -0.2) is 21.8 Å². The van der Waals surface area contributed by atoms with Crippen molar-refractivity contribution in [3.8, 4) is 5.69 Å². The van der Waals surface area contributed by atoms with Gasteiger partial charge in [-0.1, -0.05) is 13.8 Å². The Morgan fingerprint density at radius 1 is 1.27 bits per heavy atom. The maximum Gasteiger partial charge on any atom is 0.273 e. The SMILES string of the molecule is CCN(CC)S(=O)(=O)CCNC(=O)c1nn(-c2ccc(F)cc2)cc1Br. The fourth-order valence-electron chi connectivity index (χ4n) is 2.36. The minimum Gasteiger partial charge on any atom is -0.350 e. The van der Waals surface area contributed by atoms with Crippen LogP contribution in [-0.2, 0) is 10.0 Å². The van der Waals surface area contributed by atoms with Gasteiger partial charge < -0.3 is 5.32 Å². The Bertz CT molecular complexity index is 864. The molecule has 142 valence electrons. The maximum absolute atomic E-state index is 13.0. The molecule has 2 rings (SSSR count). The molecule has 1 heterocycles. The highest BCUT2D eigenvalue weighted by Gasteiger charge is 2.20. The third-order valence-corrected chi connectivity index (χ3v) is 6.32. The van der Waals surface area contributed by atoms with Crippen molar-refractivity contribution in [2.24, 2.45) is 0 Å². The predicted molar refractivity (Wildman–Crippen MR) is 100 cm³/mol. The second kappa shape index (κ2) is 8.74. The molecule has 26 heavy (non-hydrogen) atoms. The first-order valence-electron chi connectivity index (χ1n) is 8.05. The van der Waals surface area contributed by atoms with E-state index in [9.17, 15) is 17.6 Å². The normalized spacial score (nSPS) is 11.7. The van der Waals surface area contributed by atoms with E-state index in [4.69, 9.17) is 0 Å². The van der Waals surface area contributed by atoms with Crippen molar-refractivity contribution in [2.75, 3.05) is 25.4 Å². The molecule has 0 fully saturated rings. The van der Waals surface area contributed by atoms with Crippen LogP contribution in [0.2, 0.25) is 0 Å². The lowest BCUT2D eigenvalue weighted by Gasteiger charge is -2.18. The first-order valence-corrected chi connectivity index (χ1v) is 10.5. The van der Waals surface area contributed by atoms with Crippen molar-refractivity contribution >= 4 is 31.9 Å². The number of carbonyl (C=O) groups excluding carboxylic acids is 1. The zero-order valence-electron chi connectivity index (χ0n) is 14.4. The molecule has 1 aromatic heterocycles. The van der Waals surface area contributed by atoms with Crippen molar-refractivity contribution in [3.05, 3.63) is 46.4 Å². The summed E-state index contributed by atoms with van der Waals surface area (Å²) in [5.41, 5.74) is 0.713. The maximum atomic E-state index is 13.0. The molecule has 0 aliphatic rings. The summed E-state index contributed by atoms with van der Waals surface area (Å²) in [6, 6.07) is 5.66. The highest BCUT2D eigenvalue weighted by molar-refractivity contribution is 9.10. The van der Waals surface area contributed by atoms with E-state index in [0.29, 0.717) is 23.2 Å². The van der Waals surface area contributed by atoms with E-state index in [-0.39, 0.29) is 23.8 Å². The van der Waals surface area contributed by atoms with Crippen LogP contribution in [0.1, 0.15) is 24.3 Å². The molecule has 1 amide bonds. The van der Waals surface area contributed by atoms with Gasteiger partial charge in [0.05, 0.1) is 15.9 Å². The second-order valence-corrected chi connectivity index (χ2v) is 8.35. The van der Waals surface area contributed by atoms with Crippen LogP contribution >= 0.6 is 15.9 Å². The largest absolute Gasteiger partial charge is 0.350 e. The molecule has 0 aliphatic heterocycles. The monoisotopic (exact) mass is 446 g/mol. The van der Waals surface area contributed by atoms with Gasteiger partial charge in [-0.15, -0.1) is 0 Å². The molecule has 2 aromatic rings. The van der Waals surface area contributed by atoms with Crippen molar-refractivity contribution in [1.82, 2.24) is 19.4 Å². The summed E-state index contributed by atoms with van der Waals surface area (Å²) in [5, 5.41) is 6.73. The summed E-state index contributed by atoms with van der Waals surface area (Å²) in [6.07, 6.45) is 1.58. The minimum atomic E-state index is -3.41. The van der Waals surface area contributed by atoms with Gasteiger partial charge in [0, 0.05) is 25.8 Å². The zero-order valence-corrected chi connectivity index (χ0v) is 16.8. The average Bonchev–Trinajstić information content (AvgIpc) is 2.98. The topological polar surface area (TPSA) is 84.3 Å². The van der Waals surface area contributed by atoms with Crippen LogP contribution in [0.5, 0.6) is 0 Å². The molecular weight excluding hydrogens is 427 g/mol. The third kappa shape index (κ3) is 4.89. The molecular formula is C16H20BrFN4O3S. The third-order valence-electron chi connectivity index (χ3n) is 3.72. The van der Waals surface area contributed by atoms with E-state index >= 15 is 0 Å². The molecule has 0 radical (unpaired) electrons. The summed E-state index contributed by atoms with van der Waals surface area (Å²) in [7, 11) is -3.41. The van der Waals surface area contributed by atoms with Crippen molar-refractivity contribution in [3.63, 3.8) is 0 Å². The lowest BCUT2D eigenvalue weighted by Crippen LogP contribution is -2.37. The van der Waals surface area contributed by atoms with Crippen LogP contribution in [0.3, 0.4) is 0 Å². The number of nitrogens with zero attached hydrogens (tertiary/aromatic N) is 3. The van der Waals surface area contributed by atoms with Gasteiger partial charge in [-0.05, 0) is 40.2 Å². The Morgan fingerprint density at radius 2 is 1.88 bits per heavy atom. The van der Waals surface area contributed by atoms with Crippen LogP contribution in [0.15, 0.2) is 34.9 Å².